The Morgan fingerprint density at radius 1 is 1.33 bits per heavy atom. The number of hydrogen-bond acceptors (Lipinski definition) is 5. The molecule has 2 aromatic heterocycles. The van der Waals surface area contributed by atoms with Crippen LogP contribution in [0.3, 0.4) is 0 Å². The van der Waals surface area contributed by atoms with Crippen LogP contribution in [0.4, 0.5) is 0 Å². The first-order valence-corrected chi connectivity index (χ1v) is 9.82. The number of halogens is 1. The molecule has 7 nitrogen and oxygen atoms in total. The van der Waals surface area contributed by atoms with Crippen LogP contribution in [0.1, 0.15) is 28.2 Å². The fraction of sp³-hybridized carbons (Fsp3) is 0.500. The first kappa shape index (κ1) is 21.7. The quantitative estimate of drug-likeness (QED) is 0.386. The highest BCUT2D eigenvalue weighted by Crippen LogP contribution is 2.11. The number of amides is 1. The number of nitrogens with one attached hydrogen (secondary N) is 1. The van der Waals surface area contributed by atoms with E-state index in [2.05, 4.69) is 27.5 Å². The van der Waals surface area contributed by atoms with Crippen LogP contribution in [0.15, 0.2) is 33.2 Å². The maximum absolute atomic E-state index is 12.4. The van der Waals surface area contributed by atoms with Crippen LogP contribution in [0.5, 0.6) is 0 Å². The Bertz CT molecular complexity index is 739. The summed E-state index contributed by atoms with van der Waals surface area (Å²) in [6.45, 7) is 8.45. The molecule has 1 amide bonds. The van der Waals surface area contributed by atoms with Gasteiger partial charge in [0, 0.05) is 51.1 Å². The Morgan fingerprint density at radius 2 is 2.07 bits per heavy atom. The molecule has 3 rings (SSSR count). The van der Waals surface area contributed by atoms with Gasteiger partial charge in [0.1, 0.15) is 0 Å². The summed E-state index contributed by atoms with van der Waals surface area (Å²) in [7, 11) is 0. The number of furan rings is 1. The zero-order valence-corrected chi connectivity index (χ0v) is 18.8. The van der Waals surface area contributed by atoms with Gasteiger partial charge in [-0.15, -0.1) is 35.3 Å². The molecule has 0 radical (unpaired) electrons. The van der Waals surface area contributed by atoms with Gasteiger partial charge in [-0.2, -0.15) is 0 Å². The van der Waals surface area contributed by atoms with Crippen molar-refractivity contribution in [3.63, 3.8) is 0 Å². The van der Waals surface area contributed by atoms with Gasteiger partial charge in [0.25, 0.3) is 5.91 Å². The Balaban J connectivity index is 0.00000261. The number of hydrogen-bond donors (Lipinski definition) is 1. The number of guanidine groups is 1. The predicted molar refractivity (Wildman–Crippen MR) is 118 cm³/mol. The fourth-order valence-corrected chi connectivity index (χ4v) is 3.55. The average Bonchev–Trinajstić information content (AvgIpc) is 3.32. The van der Waals surface area contributed by atoms with E-state index in [0.29, 0.717) is 25.4 Å². The molecule has 0 aliphatic carbocycles. The maximum atomic E-state index is 12.4. The van der Waals surface area contributed by atoms with Gasteiger partial charge in [-0.25, -0.2) is 4.98 Å². The molecule has 3 heterocycles. The molecule has 1 fully saturated rings. The number of rotatable bonds is 5. The topological polar surface area (TPSA) is 74.0 Å². The summed E-state index contributed by atoms with van der Waals surface area (Å²) in [4.78, 5) is 25.6. The van der Waals surface area contributed by atoms with Gasteiger partial charge in [0.2, 0.25) is 0 Å². The highest BCUT2D eigenvalue weighted by atomic mass is 127. The van der Waals surface area contributed by atoms with Crippen LogP contribution < -0.4 is 5.32 Å². The van der Waals surface area contributed by atoms with E-state index >= 15 is 0 Å². The summed E-state index contributed by atoms with van der Waals surface area (Å²) in [6.07, 6.45) is 2.37. The first-order chi connectivity index (χ1) is 12.7. The lowest BCUT2D eigenvalue weighted by molar-refractivity contribution is 0.0657. The highest BCUT2D eigenvalue weighted by Gasteiger charge is 2.25. The number of aromatic nitrogens is 1. The number of thiazole rings is 1. The molecule has 9 heteroatoms. The molecule has 1 aliphatic rings. The molecule has 0 aromatic carbocycles. The van der Waals surface area contributed by atoms with Gasteiger partial charge in [-0.3, -0.25) is 9.79 Å². The third kappa shape index (κ3) is 5.93. The monoisotopic (exact) mass is 503 g/mol. The van der Waals surface area contributed by atoms with Gasteiger partial charge in [0.05, 0.1) is 17.0 Å². The van der Waals surface area contributed by atoms with Crippen LogP contribution in [-0.4, -0.2) is 65.9 Å². The Kier molecular flexibility index (Phi) is 8.55. The molecule has 0 unspecified atom stereocenters. The maximum Gasteiger partial charge on any atom is 0.289 e. The molecule has 0 saturated carbocycles. The number of aliphatic imine (C=N–C) groups is 1. The second kappa shape index (κ2) is 10.6. The van der Waals surface area contributed by atoms with E-state index < -0.39 is 0 Å². The van der Waals surface area contributed by atoms with Crippen molar-refractivity contribution < 1.29 is 9.21 Å². The van der Waals surface area contributed by atoms with Crippen LogP contribution in [0.25, 0.3) is 0 Å². The number of nitrogens with zero attached hydrogens (tertiary/aromatic N) is 4. The molecular formula is C18H26IN5O2S. The minimum Gasteiger partial charge on any atom is -0.459 e. The number of aryl methyl sites for hydroxylation is 1. The third-order valence-electron chi connectivity index (χ3n) is 4.23. The van der Waals surface area contributed by atoms with Crippen molar-refractivity contribution in [2.24, 2.45) is 4.99 Å². The van der Waals surface area contributed by atoms with E-state index in [1.54, 1.807) is 23.5 Å². The van der Waals surface area contributed by atoms with Crippen LogP contribution in [-0.2, 0) is 6.42 Å². The fourth-order valence-electron chi connectivity index (χ4n) is 2.90. The average molecular weight is 503 g/mol. The lowest BCUT2D eigenvalue weighted by Gasteiger charge is -2.36. The van der Waals surface area contributed by atoms with Crippen LogP contribution in [0, 0.1) is 6.92 Å². The van der Waals surface area contributed by atoms with Crippen molar-refractivity contribution in [2.75, 3.05) is 39.3 Å². The third-order valence-corrected chi connectivity index (χ3v) is 5.05. The van der Waals surface area contributed by atoms with Gasteiger partial charge in [-0.05, 0) is 26.0 Å². The summed E-state index contributed by atoms with van der Waals surface area (Å²) in [6, 6.07) is 3.45. The van der Waals surface area contributed by atoms with E-state index in [1.165, 1.54) is 6.26 Å². The first-order valence-electron chi connectivity index (χ1n) is 8.94. The van der Waals surface area contributed by atoms with Crippen molar-refractivity contribution >= 4 is 47.2 Å². The van der Waals surface area contributed by atoms with Crippen molar-refractivity contribution in [1.29, 1.82) is 0 Å². The van der Waals surface area contributed by atoms with Gasteiger partial charge < -0.3 is 19.5 Å². The molecule has 1 N–H and O–H groups in total. The van der Waals surface area contributed by atoms with E-state index in [9.17, 15) is 4.79 Å². The summed E-state index contributed by atoms with van der Waals surface area (Å²) in [5.74, 6) is 1.26. The van der Waals surface area contributed by atoms with Crippen molar-refractivity contribution in [2.45, 2.75) is 20.3 Å². The van der Waals surface area contributed by atoms with Gasteiger partial charge in [0.15, 0.2) is 11.7 Å². The van der Waals surface area contributed by atoms with E-state index in [1.807, 2.05) is 11.8 Å². The van der Waals surface area contributed by atoms with Crippen molar-refractivity contribution in [1.82, 2.24) is 20.1 Å². The number of piperazine rings is 1. The highest BCUT2D eigenvalue weighted by molar-refractivity contribution is 14.0. The normalized spacial score (nSPS) is 14.8. The van der Waals surface area contributed by atoms with Crippen LogP contribution in [0.2, 0.25) is 0 Å². The molecule has 148 valence electrons. The van der Waals surface area contributed by atoms with E-state index in [0.717, 1.165) is 42.7 Å². The predicted octanol–water partition coefficient (Wildman–Crippen LogP) is 2.63. The lowest BCUT2D eigenvalue weighted by Crippen LogP contribution is -2.53. The molecule has 27 heavy (non-hydrogen) atoms. The molecule has 0 atom stereocenters. The summed E-state index contributed by atoms with van der Waals surface area (Å²) < 4.78 is 5.21. The van der Waals surface area contributed by atoms with Crippen molar-refractivity contribution in [3.8, 4) is 0 Å². The zero-order valence-electron chi connectivity index (χ0n) is 15.7. The van der Waals surface area contributed by atoms with E-state index in [4.69, 9.17) is 9.41 Å². The second-order valence-electron chi connectivity index (χ2n) is 6.10. The standard InChI is InChI=1S/C18H25N5O2S.HI/c1-3-19-18(20-7-6-15-13-26-14(2)21-15)23-10-8-22(9-11-23)17(24)16-5-4-12-25-16;/h4-5,12-13H,3,6-11H2,1-2H3,(H,19,20);1H. The molecular weight excluding hydrogens is 477 g/mol. The molecule has 1 saturated heterocycles. The minimum absolute atomic E-state index is 0. The Hall–Kier alpha value is -1.62. The number of carbonyl (C=O) groups is 1. The summed E-state index contributed by atoms with van der Waals surface area (Å²) in [5.41, 5.74) is 1.10. The zero-order chi connectivity index (χ0) is 18.4. The molecule has 0 bridgehead atoms. The minimum atomic E-state index is -0.0458. The number of carbonyl (C=O) groups excluding carboxylic acids is 1. The van der Waals surface area contributed by atoms with Gasteiger partial charge >= 0.3 is 0 Å². The summed E-state index contributed by atoms with van der Waals surface area (Å²) >= 11 is 1.67. The van der Waals surface area contributed by atoms with Gasteiger partial charge in [-0.1, -0.05) is 0 Å². The Morgan fingerprint density at radius 3 is 2.67 bits per heavy atom. The molecule has 0 spiro atoms. The molecule has 1 aliphatic heterocycles. The van der Waals surface area contributed by atoms with Crippen molar-refractivity contribution in [3.05, 3.63) is 40.2 Å². The second-order valence-corrected chi connectivity index (χ2v) is 7.16. The summed E-state index contributed by atoms with van der Waals surface area (Å²) in [5, 5.41) is 6.54. The Labute approximate surface area is 180 Å². The lowest BCUT2D eigenvalue weighted by atomic mass is 10.3. The smallest absolute Gasteiger partial charge is 0.289 e. The SMILES string of the molecule is CCNC(=NCCc1csc(C)n1)N1CCN(C(=O)c2ccco2)CC1.I. The molecule has 2 aromatic rings. The van der Waals surface area contributed by atoms with E-state index in [-0.39, 0.29) is 29.9 Å². The van der Waals surface area contributed by atoms with Crippen LogP contribution >= 0.6 is 35.3 Å². The largest absolute Gasteiger partial charge is 0.459 e.